The first kappa shape index (κ1) is 13.1. The van der Waals surface area contributed by atoms with Crippen LogP contribution in [0.1, 0.15) is 0 Å². The average Bonchev–Trinajstić information content (AvgIpc) is 2.38. The zero-order valence-electron chi connectivity index (χ0n) is 9.85. The fourth-order valence-electron chi connectivity index (χ4n) is 1.24. The summed E-state index contributed by atoms with van der Waals surface area (Å²) in [5.41, 5.74) is 0. The van der Waals surface area contributed by atoms with Gasteiger partial charge in [-0.1, -0.05) is 11.8 Å². The molecule has 2 aromatic rings. The number of halogens is 1. The zero-order valence-corrected chi connectivity index (χ0v) is 12.2. The molecule has 0 aromatic carbocycles. The number of nitrogens with zero attached hydrogens (tertiary/aromatic N) is 3. The third kappa shape index (κ3) is 3.33. The molecule has 2 heterocycles. The van der Waals surface area contributed by atoms with Crippen LogP contribution in [0.4, 0.5) is 5.82 Å². The number of hydrogen-bond donors (Lipinski definition) is 1. The van der Waals surface area contributed by atoms with Crippen LogP contribution in [0.25, 0.3) is 0 Å². The predicted octanol–water partition coefficient (Wildman–Crippen LogP) is 3.19. The molecular weight excluding hydrogens is 316 g/mol. The summed E-state index contributed by atoms with van der Waals surface area (Å²) in [6, 6.07) is 3.56. The summed E-state index contributed by atoms with van der Waals surface area (Å²) in [7, 11) is 1.80. The van der Waals surface area contributed by atoms with Crippen molar-refractivity contribution in [3.05, 3.63) is 29.0 Å². The minimum Gasteiger partial charge on any atom is -0.437 e. The van der Waals surface area contributed by atoms with E-state index in [9.17, 15) is 0 Å². The fraction of sp³-hybridized carbons (Fsp3) is 0.182. The lowest BCUT2D eigenvalue weighted by Gasteiger charge is -2.07. The number of anilines is 1. The summed E-state index contributed by atoms with van der Waals surface area (Å²) in [5.74, 6) is 1.82. The Morgan fingerprint density at radius 1 is 1.28 bits per heavy atom. The Kier molecular flexibility index (Phi) is 4.38. The summed E-state index contributed by atoms with van der Waals surface area (Å²) in [5, 5.41) is 3.62. The molecule has 2 aromatic heterocycles. The molecule has 18 heavy (non-hydrogen) atoms. The largest absolute Gasteiger partial charge is 0.437 e. The van der Waals surface area contributed by atoms with Crippen molar-refractivity contribution in [3.8, 4) is 11.6 Å². The zero-order chi connectivity index (χ0) is 13.0. The van der Waals surface area contributed by atoms with Gasteiger partial charge < -0.3 is 10.1 Å². The van der Waals surface area contributed by atoms with Crippen LogP contribution < -0.4 is 10.1 Å². The first-order valence-corrected chi connectivity index (χ1v) is 7.12. The molecule has 94 valence electrons. The first-order chi connectivity index (χ1) is 8.71. The van der Waals surface area contributed by atoms with E-state index >= 15 is 0 Å². The molecule has 0 bridgehead atoms. The van der Waals surface area contributed by atoms with E-state index in [1.54, 1.807) is 25.5 Å². The first-order valence-electron chi connectivity index (χ1n) is 5.10. The molecule has 0 atom stereocenters. The van der Waals surface area contributed by atoms with Crippen LogP contribution in [-0.4, -0.2) is 28.3 Å². The molecule has 0 amide bonds. The third-order valence-corrected chi connectivity index (χ3v) is 3.00. The van der Waals surface area contributed by atoms with E-state index < -0.39 is 0 Å². The normalized spacial score (nSPS) is 10.2. The van der Waals surface area contributed by atoms with E-state index in [0.717, 1.165) is 4.47 Å². The van der Waals surface area contributed by atoms with Crippen molar-refractivity contribution >= 4 is 33.5 Å². The minimum atomic E-state index is 0.485. The number of ether oxygens (including phenoxy) is 1. The van der Waals surface area contributed by atoms with Crippen LogP contribution in [0, 0.1) is 0 Å². The maximum absolute atomic E-state index is 5.65. The van der Waals surface area contributed by atoms with Crippen LogP contribution >= 0.6 is 27.7 Å². The highest BCUT2D eigenvalue weighted by Crippen LogP contribution is 2.25. The molecule has 1 N–H and O–H groups in total. The second-order valence-electron chi connectivity index (χ2n) is 3.27. The number of aromatic nitrogens is 3. The van der Waals surface area contributed by atoms with Crippen LogP contribution in [0.3, 0.4) is 0 Å². The van der Waals surface area contributed by atoms with Crippen molar-refractivity contribution in [2.45, 2.75) is 5.16 Å². The minimum absolute atomic E-state index is 0.485. The molecule has 0 saturated heterocycles. The molecule has 2 rings (SSSR count). The van der Waals surface area contributed by atoms with Crippen LogP contribution in [0.2, 0.25) is 0 Å². The van der Waals surface area contributed by atoms with Gasteiger partial charge in [-0.2, -0.15) is 4.98 Å². The molecule has 0 aliphatic rings. The van der Waals surface area contributed by atoms with Gasteiger partial charge in [0, 0.05) is 23.8 Å². The van der Waals surface area contributed by atoms with E-state index in [4.69, 9.17) is 4.74 Å². The summed E-state index contributed by atoms with van der Waals surface area (Å²) >= 11 is 4.80. The second-order valence-corrected chi connectivity index (χ2v) is 4.96. The van der Waals surface area contributed by atoms with Gasteiger partial charge in [-0.15, -0.1) is 0 Å². The van der Waals surface area contributed by atoms with Gasteiger partial charge in [-0.25, -0.2) is 4.98 Å². The quantitative estimate of drug-likeness (QED) is 0.687. The monoisotopic (exact) mass is 326 g/mol. The molecule has 0 radical (unpaired) electrons. The highest BCUT2D eigenvalue weighted by molar-refractivity contribution is 9.10. The van der Waals surface area contributed by atoms with E-state index in [0.29, 0.717) is 22.6 Å². The van der Waals surface area contributed by atoms with Crippen molar-refractivity contribution in [2.24, 2.45) is 0 Å². The number of rotatable bonds is 4. The van der Waals surface area contributed by atoms with Gasteiger partial charge in [-0.3, -0.25) is 4.98 Å². The lowest BCUT2D eigenvalue weighted by molar-refractivity contribution is 0.453. The summed E-state index contributed by atoms with van der Waals surface area (Å²) in [6.45, 7) is 0. The molecule has 0 fully saturated rings. The highest BCUT2D eigenvalue weighted by Gasteiger charge is 2.05. The lowest BCUT2D eigenvalue weighted by Crippen LogP contribution is -1.98. The van der Waals surface area contributed by atoms with Crippen LogP contribution in [0.15, 0.2) is 34.2 Å². The lowest BCUT2D eigenvalue weighted by atomic mass is 10.4. The van der Waals surface area contributed by atoms with E-state index in [-0.39, 0.29) is 0 Å². The van der Waals surface area contributed by atoms with Gasteiger partial charge in [-0.05, 0) is 28.3 Å². The molecule has 0 aliphatic carbocycles. The fourth-order valence-corrected chi connectivity index (χ4v) is 1.96. The Balaban J connectivity index is 2.28. The van der Waals surface area contributed by atoms with Gasteiger partial charge in [0.25, 0.3) is 0 Å². The Bertz CT molecular complexity index is 530. The number of pyridine rings is 1. The topological polar surface area (TPSA) is 59.9 Å². The van der Waals surface area contributed by atoms with Crippen LogP contribution in [-0.2, 0) is 0 Å². The Hall–Kier alpha value is -1.34. The van der Waals surface area contributed by atoms with Gasteiger partial charge in [0.2, 0.25) is 5.88 Å². The molecule has 0 saturated carbocycles. The van der Waals surface area contributed by atoms with Crippen molar-refractivity contribution in [3.63, 3.8) is 0 Å². The maximum atomic E-state index is 5.65. The number of hydrogen-bond acceptors (Lipinski definition) is 6. The number of nitrogens with one attached hydrogen (secondary N) is 1. The Labute approximate surface area is 118 Å². The SMILES string of the molecule is CNc1cc(Oc2cncc(Br)c2)nc(SC)n1. The molecule has 0 spiro atoms. The van der Waals surface area contributed by atoms with Crippen LogP contribution in [0.5, 0.6) is 11.6 Å². The van der Waals surface area contributed by atoms with Gasteiger partial charge in [0.05, 0.1) is 6.20 Å². The maximum Gasteiger partial charge on any atom is 0.225 e. The van der Waals surface area contributed by atoms with Crippen molar-refractivity contribution in [1.29, 1.82) is 0 Å². The standard InChI is InChI=1S/C11H11BrN4OS/c1-13-9-4-10(16-11(15-9)18-2)17-8-3-7(12)5-14-6-8/h3-6H,1-2H3,(H,13,15,16). The summed E-state index contributed by atoms with van der Waals surface area (Å²) in [6.07, 6.45) is 5.24. The molecule has 0 unspecified atom stereocenters. The Morgan fingerprint density at radius 3 is 2.78 bits per heavy atom. The van der Waals surface area contributed by atoms with Crippen molar-refractivity contribution in [1.82, 2.24) is 15.0 Å². The van der Waals surface area contributed by atoms with E-state index in [2.05, 4.69) is 36.2 Å². The third-order valence-electron chi connectivity index (χ3n) is 2.02. The van der Waals surface area contributed by atoms with E-state index in [1.807, 2.05) is 12.3 Å². The summed E-state index contributed by atoms with van der Waals surface area (Å²) < 4.78 is 6.50. The molecule has 5 nitrogen and oxygen atoms in total. The highest BCUT2D eigenvalue weighted by atomic mass is 79.9. The van der Waals surface area contributed by atoms with Gasteiger partial charge in [0.15, 0.2) is 5.16 Å². The summed E-state index contributed by atoms with van der Waals surface area (Å²) in [4.78, 5) is 12.6. The van der Waals surface area contributed by atoms with Gasteiger partial charge >= 0.3 is 0 Å². The number of thioether (sulfide) groups is 1. The smallest absolute Gasteiger partial charge is 0.225 e. The molecule has 0 aliphatic heterocycles. The Morgan fingerprint density at radius 2 is 2.11 bits per heavy atom. The molecular formula is C11H11BrN4OS. The predicted molar refractivity (Wildman–Crippen MR) is 75.4 cm³/mol. The van der Waals surface area contributed by atoms with Crippen molar-refractivity contribution < 1.29 is 4.74 Å². The second kappa shape index (κ2) is 6.01. The average molecular weight is 327 g/mol. The van der Waals surface area contributed by atoms with Gasteiger partial charge in [0.1, 0.15) is 11.6 Å². The van der Waals surface area contributed by atoms with E-state index in [1.165, 1.54) is 11.8 Å². The van der Waals surface area contributed by atoms with Crippen molar-refractivity contribution in [2.75, 3.05) is 18.6 Å². The molecule has 7 heteroatoms.